The molecule has 1 aromatic heterocycles. The fourth-order valence-electron chi connectivity index (χ4n) is 1.45. The van der Waals surface area contributed by atoms with Crippen LogP contribution in [0.25, 0.3) is 0 Å². The monoisotopic (exact) mass is 218 g/mol. The molecule has 86 valence electrons. The summed E-state index contributed by atoms with van der Waals surface area (Å²) in [5, 5.41) is 4.22. The molecule has 0 saturated carbocycles. The van der Waals surface area contributed by atoms with Gasteiger partial charge in [0.1, 0.15) is 0 Å². The van der Waals surface area contributed by atoms with Gasteiger partial charge in [-0.2, -0.15) is 13.9 Å². The van der Waals surface area contributed by atoms with Crippen molar-refractivity contribution in [3.63, 3.8) is 0 Å². The van der Waals surface area contributed by atoms with Gasteiger partial charge < -0.3 is 4.74 Å². The van der Waals surface area contributed by atoms with Crippen LogP contribution < -0.4 is 0 Å². The molecule has 0 atom stereocenters. The molecule has 5 heteroatoms. The molecule has 0 amide bonds. The summed E-state index contributed by atoms with van der Waals surface area (Å²) in [6.45, 7) is 3.70. The number of nitrogens with zero attached hydrogens (tertiary/aromatic N) is 2. The molecule has 0 fully saturated rings. The minimum absolute atomic E-state index is 0.0175. The van der Waals surface area contributed by atoms with E-state index in [-0.39, 0.29) is 6.61 Å². The van der Waals surface area contributed by atoms with E-state index in [1.165, 1.54) is 0 Å². The maximum atomic E-state index is 11.7. The summed E-state index contributed by atoms with van der Waals surface area (Å²) in [7, 11) is 0. The van der Waals surface area contributed by atoms with E-state index >= 15 is 0 Å². The quantitative estimate of drug-likeness (QED) is 0.759. The Hall–Kier alpha value is -0.970. The third-order valence-electron chi connectivity index (χ3n) is 2.17. The summed E-state index contributed by atoms with van der Waals surface area (Å²) in [5.74, 6) is 0.398. The highest BCUT2D eigenvalue weighted by Crippen LogP contribution is 2.17. The van der Waals surface area contributed by atoms with Crippen LogP contribution in [0.4, 0.5) is 8.78 Å². The lowest BCUT2D eigenvalue weighted by atomic mass is 10.1. The van der Waals surface area contributed by atoms with Crippen molar-refractivity contribution in [1.82, 2.24) is 9.78 Å². The Morgan fingerprint density at radius 3 is 2.60 bits per heavy atom. The second-order valence-electron chi connectivity index (χ2n) is 3.72. The van der Waals surface area contributed by atoms with Gasteiger partial charge in [0.25, 0.3) is 0 Å². The zero-order chi connectivity index (χ0) is 11.4. The van der Waals surface area contributed by atoms with Gasteiger partial charge in [-0.05, 0) is 18.4 Å². The molecular weight excluding hydrogens is 202 g/mol. The Kier molecular flexibility index (Phi) is 4.20. The summed E-state index contributed by atoms with van der Waals surface area (Å²) in [6.07, 6.45) is 1.88. The largest absolute Gasteiger partial charge is 0.345 e. The van der Waals surface area contributed by atoms with Crippen LogP contribution in [0, 0.1) is 6.92 Å². The van der Waals surface area contributed by atoms with Gasteiger partial charge in [0.15, 0.2) is 0 Å². The molecular formula is C10H16F2N2O. The molecule has 1 aromatic rings. The van der Waals surface area contributed by atoms with E-state index in [1.807, 2.05) is 13.1 Å². The van der Waals surface area contributed by atoms with Crippen LogP contribution in [0.5, 0.6) is 0 Å². The van der Waals surface area contributed by atoms with Gasteiger partial charge in [-0.3, -0.25) is 4.68 Å². The molecule has 0 spiro atoms. The second kappa shape index (κ2) is 5.21. The van der Waals surface area contributed by atoms with Crippen molar-refractivity contribution < 1.29 is 13.5 Å². The number of halogens is 2. The lowest BCUT2D eigenvalue weighted by molar-refractivity contribution is -0.130. The van der Waals surface area contributed by atoms with Crippen LogP contribution in [0.3, 0.4) is 0 Å². The minimum atomic E-state index is -2.70. The van der Waals surface area contributed by atoms with Gasteiger partial charge in [0.2, 0.25) is 0 Å². The summed E-state index contributed by atoms with van der Waals surface area (Å²) < 4.78 is 29.2. The van der Waals surface area contributed by atoms with Crippen LogP contribution in [-0.4, -0.2) is 23.0 Å². The smallest absolute Gasteiger partial charge is 0.321 e. The molecule has 3 nitrogen and oxygen atoms in total. The summed E-state index contributed by atoms with van der Waals surface area (Å²) in [5.41, 5.74) is 2.09. The molecule has 15 heavy (non-hydrogen) atoms. The van der Waals surface area contributed by atoms with Gasteiger partial charge in [0.05, 0.1) is 18.8 Å². The van der Waals surface area contributed by atoms with Crippen molar-refractivity contribution in [2.45, 2.75) is 39.8 Å². The van der Waals surface area contributed by atoms with Crippen molar-refractivity contribution in [2.24, 2.45) is 0 Å². The highest BCUT2D eigenvalue weighted by atomic mass is 19.3. The SMILES string of the molecule is Cc1nn(CCOC(F)F)cc1C(C)C. The number of rotatable bonds is 5. The first-order valence-electron chi connectivity index (χ1n) is 4.94. The summed E-state index contributed by atoms with van der Waals surface area (Å²) >= 11 is 0. The fourth-order valence-corrected chi connectivity index (χ4v) is 1.45. The van der Waals surface area contributed by atoms with Crippen LogP contribution in [0.1, 0.15) is 31.0 Å². The Balaban J connectivity index is 2.52. The van der Waals surface area contributed by atoms with Crippen LogP contribution in [0.2, 0.25) is 0 Å². The zero-order valence-electron chi connectivity index (χ0n) is 9.20. The van der Waals surface area contributed by atoms with E-state index in [9.17, 15) is 8.78 Å². The average Bonchev–Trinajstić information content (AvgIpc) is 2.46. The first-order chi connectivity index (χ1) is 7.00. The molecule has 0 N–H and O–H groups in total. The van der Waals surface area contributed by atoms with E-state index in [2.05, 4.69) is 23.7 Å². The number of hydrogen-bond acceptors (Lipinski definition) is 2. The van der Waals surface area contributed by atoms with Gasteiger partial charge in [0, 0.05) is 6.20 Å². The molecule has 0 aliphatic carbocycles. The van der Waals surface area contributed by atoms with Crippen molar-refractivity contribution in [3.05, 3.63) is 17.5 Å². The number of ether oxygens (including phenoxy) is 1. The van der Waals surface area contributed by atoms with E-state index in [4.69, 9.17) is 0 Å². The highest BCUT2D eigenvalue weighted by molar-refractivity contribution is 5.18. The van der Waals surface area contributed by atoms with E-state index < -0.39 is 6.61 Å². The van der Waals surface area contributed by atoms with E-state index in [1.54, 1.807) is 4.68 Å². The highest BCUT2D eigenvalue weighted by Gasteiger charge is 2.08. The third-order valence-corrected chi connectivity index (χ3v) is 2.17. The van der Waals surface area contributed by atoms with Gasteiger partial charge in [-0.25, -0.2) is 0 Å². The second-order valence-corrected chi connectivity index (χ2v) is 3.72. The number of aromatic nitrogens is 2. The molecule has 0 saturated heterocycles. The molecule has 0 aliphatic heterocycles. The van der Waals surface area contributed by atoms with Crippen LogP contribution >= 0.6 is 0 Å². The number of aryl methyl sites for hydroxylation is 1. The molecule has 0 radical (unpaired) electrons. The fraction of sp³-hybridized carbons (Fsp3) is 0.700. The molecule has 1 rings (SSSR count). The first kappa shape index (κ1) is 12.1. The summed E-state index contributed by atoms with van der Waals surface area (Å²) in [6, 6.07) is 0. The molecule has 0 bridgehead atoms. The maximum absolute atomic E-state index is 11.7. The molecule has 0 aliphatic rings. The summed E-state index contributed by atoms with van der Waals surface area (Å²) in [4.78, 5) is 0. The van der Waals surface area contributed by atoms with E-state index in [0.29, 0.717) is 12.5 Å². The molecule has 0 unspecified atom stereocenters. The Bertz CT molecular complexity index is 310. The topological polar surface area (TPSA) is 27.1 Å². The Morgan fingerprint density at radius 1 is 1.47 bits per heavy atom. The minimum Gasteiger partial charge on any atom is -0.321 e. The van der Waals surface area contributed by atoms with Crippen LogP contribution in [0.15, 0.2) is 6.20 Å². The predicted octanol–water partition coefficient (Wildman–Crippen LogP) is 2.55. The first-order valence-corrected chi connectivity index (χ1v) is 4.94. The Morgan fingerprint density at radius 2 is 2.13 bits per heavy atom. The lowest BCUT2D eigenvalue weighted by Gasteiger charge is -2.02. The van der Waals surface area contributed by atoms with Crippen molar-refractivity contribution in [1.29, 1.82) is 0 Å². The third kappa shape index (κ3) is 3.58. The van der Waals surface area contributed by atoms with Crippen molar-refractivity contribution in [2.75, 3.05) is 6.61 Å². The zero-order valence-corrected chi connectivity index (χ0v) is 9.20. The number of hydrogen-bond donors (Lipinski definition) is 0. The normalized spacial score (nSPS) is 11.7. The molecule has 1 heterocycles. The standard InChI is InChI=1S/C10H16F2N2O/c1-7(2)9-6-14(13-8(9)3)4-5-15-10(11)12/h6-7,10H,4-5H2,1-3H3. The van der Waals surface area contributed by atoms with Gasteiger partial charge >= 0.3 is 6.61 Å². The average molecular weight is 218 g/mol. The lowest BCUT2D eigenvalue weighted by Crippen LogP contribution is -2.09. The van der Waals surface area contributed by atoms with Crippen molar-refractivity contribution in [3.8, 4) is 0 Å². The molecule has 0 aromatic carbocycles. The van der Waals surface area contributed by atoms with Crippen LogP contribution in [-0.2, 0) is 11.3 Å². The predicted molar refractivity (Wildman–Crippen MR) is 53.0 cm³/mol. The van der Waals surface area contributed by atoms with Gasteiger partial charge in [-0.15, -0.1) is 0 Å². The Labute approximate surface area is 88.0 Å². The maximum Gasteiger partial charge on any atom is 0.345 e. The van der Waals surface area contributed by atoms with E-state index in [0.717, 1.165) is 11.3 Å². The number of alkyl halides is 2. The van der Waals surface area contributed by atoms with Gasteiger partial charge in [-0.1, -0.05) is 13.8 Å². The van der Waals surface area contributed by atoms with Crippen molar-refractivity contribution >= 4 is 0 Å².